The molecule has 1 heterocycles. The Morgan fingerprint density at radius 1 is 1.17 bits per heavy atom. The number of fused-ring (bicyclic) bond motifs is 1. The van der Waals surface area contributed by atoms with Gasteiger partial charge in [0.1, 0.15) is 11.6 Å². The summed E-state index contributed by atoms with van der Waals surface area (Å²) in [5.74, 6) is -0.259. The Hall–Kier alpha value is -2.64. The van der Waals surface area contributed by atoms with Crippen molar-refractivity contribution in [2.45, 2.75) is 6.92 Å². The molecule has 0 saturated carbocycles. The maximum absolute atomic E-state index is 12.8. The SMILES string of the molecule is Cc1[nH]c2ccccc2c1C(=O)/C(C#N)=C/c1ccc(Br)cc1. The highest BCUT2D eigenvalue weighted by Gasteiger charge is 2.19. The molecule has 0 spiro atoms. The highest BCUT2D eigenvalue weighted by Crippen LogP contribution is 2.25. The molecule has 0 fully saturated rings. The molecule has 2 aromatic carbocycles. The van der Waals surface area contributed by atoms with E-state index < -0.39 is 0 Å². The van der Waals surface area contributed by atoms with Gasteiger partial charge in [-0.05, 0) is 36.8 Å². The van der Waals surface area contributed by atoms with E-state index in [4.69, 9.17) is 0 Å². The molecule has 3 rings (SSSR count). The number of aromatic amines is 1. The van der Waals surface area contributed by atoms with Gasteiger partial charge in [0, 0.05) is 21.1 Å². The number of nitrogens with zero attached hydrogens (tertiary/aromatic N) is 1. The summed E-state index contributed by atoms with van der Waals surface area (Å²) < 4.78 is 0.951. The molecule has 3 nitrogen and oxygen atoms in total. The van der Waals surface area contributed by atoms with Crippen LogP contribution in [0, 0.1) is 18.3 Å². The van der Waals surface area contributed by atoms with Crippen LogP contribution in [0.4, 0.5) is 0 Å². The topological polar surface area (TPSA) is 56.6 Å². The summed E-state index contributed by atoms with van der Waals surface area (Å²) in [5.41, 5.74) is 3.17. The largest absolute Gasteiger partial charge is 0.358 e. The molecule has 112 valence electrons. The molecule has 0 radical (unpaired) electrons. The number of Topliss-reactive ketones (excluding diaryl/α,β-unsaturated/α-hetero) is 1. The summed E-state index contributed by atoms with van der Waals surface area (Å²) in [5, 5.41) is 10.3. The van der Waals surface area contributed by atoms with Crippen LogP contribution in [-0.2, 0) is 0 Å². The van der Waals surface area contributed by atoms with E-state index in [2.05, 4.69) is 20.9 Å². The minimum Gasteiger partial charge on any atom is -0.358 e. The lowest BCUT2D eigenvalue weighted by Gasteiger charge is -2.01. The fraction of sp³-hybridized carbons (Fsp3) is 0.0526. The fourth-order valence-electron chi connectivity index (χ4n) is 2.58. The van der Waals surface area contributed by atoms with E-state index in [9.17, 15) is 10.1 Å². The second-order valence-electron chi connectivity index (χ2n) is 5.22. The number of hydrogen-bond acceptors (Lipinski definition) is 2. The summed E-state index contributed by atoms with van der Waals surface area (Å²) in [6.45, 7) is 1.85. The van der Waals surface area contributed by atoms with Gasteiger partial charge >= 0.3 is 0 Å². The number of aromatic nitrogens is 1. The number of aryl methyl sites for hydroxylation is 1. The first kappa shape index (κ1) is 15.3. The molecule has 0 aliphatic carbocycles. The van der Waals surface area contributed by atoms with Gasteiger partial charge in [0.25, 0.3) is 0 Å². The van der Waals surface area contributed by atoms with Crippen LogP contribution in [0.3, 0.4) is 0 Å². The molecule has 3 aromatic rings. The van der Waals surface area contributed by atoms with Gasteiger partial charge in [0.05, 0.1) is 5.56 Å². The Bertz CT molecular complexity index is 959. The van der Waals surface area contributed by atoms with Crippen LogP contribution in [0.2, 0.25) is 0 Å². The molecule has 1 aromatic heterocycles. The lowest BCUT2D eigenvalue weighted by atomic mass is 9.99. The summed E-state index contributed by atoms with van der Waals surface area (Å²) in [6.07, 6.45) is 1.62. The van der Waals surface area contributed by atoms with Gasteiger partial charge in [-0.15, -0.1) is 0 Å². The smallest absolute Gasteiger partial charge is 0.205 e. The summed E-state index contributed by atoms with van der Waals surface area (Å²) in [4.78, 5) is 16.0. The lowest BCUT2D eigenvalue weighted by molar-refractivity contribution is 0.104. The van der Waals surface area contributed by atoms with Gasteiger partial charge in [0.2, 0.25) is 5.78 Å². The number of para-hydroxylation sites is 1. The first-order valence-corrected chi connectivity index (χ1v) is 7.89. The molecule has 0 saturated heterocycles. The summed E-state index contributed by atoms with van der Waals surface area (Å²) in [7, 11) is 0. The number of carbonyl (C=O) groups excluding carboxylic acids is 1. The Balaban J connectivity index is 2.08. The van der Waals surface area contributed by atoms with Crippen molar-refractivity contribution in [2.24, 2.45) is 0 Å². The van der Waals surface area contributed by atoms with Gasteiger partial charge in [-0.1, -0.05) is 46.3 Å². The first-order chi connectivity index (χ1) is 11.1. The lowest BCUT2D eigenvalue weighted by Crippen LogP contribution is -2.03. The van der Waals surface area contributed by atoms with Crippen LogP contribution in [0.25, 0.3) is 17.0 Å². The van der Waals surface area contributed by atoms with Crippen molar-refractivity contribution in [1.29, 1.82) is 5.26 Å². The summed E-state index contributed by atoms with van der Waals surface area (Å²) >= 11 is 3.37. The Morgan fingerprint density at radius 3 is 2.57 bits per heavy atom. The first-order valence-electron chi connectivity index (χ1n) is 7.09. The zero-order chi connectivity index (χ0) is 16.4. The van der Waals surface area contributed by atoms with Crippen LogP contribution in [0.15, 0.2) is 58.6 Å². The fourth-order valence-corrected chi connectivity index (χ4v) is 2.84. The molecule has 0 aliphatic heterocycles. The van der Waals surface area contributed by atoms with Gasteiger partial charge in [-0.2, -0.15) is 5.26 Å². The highest BCUT2D eigenvalue weighted by atomic mass is 79.9. The second kappa shape index (κ2) is 6.23. The van der Waals surface area contributed by atoms with Crippen molar-refractivity contribution >= 4 is 38.7 Å². The molecule has 0 atom stereocenters. The molecule has 0 bridgehead atoms. The third kappa shape index (κ3) is 2.96. The number of carbonyl (C=O) groups is 1. The van der Waals surface area contributed by atoms with Crippen molar-refractivity contribution in [3.8, 4) is 6.07 Å². The van der Waals surface area contributed by atoms with Crippen LogP contribution >= 0.6 is 15.9 Å². The van der Waals surface area contributed by atoms with E-state index in [1.165, 1.54) is 0 Å². The van der Waals surface area contributed by atoms with Gasteiger partial charge in [0.15, 0.2) is 0 Å². The molecule has 0 aliphatic rings. The van der Waals surface area contributed by atoms with Gasteiger partial charge in [-0.3, -0.25) is 4.79 Å². The number of allylic oxidation sites excluding steroid dienone is 1. The van der Waals surface area contributed by atoms with Crippen molar-refractivity contribution in [1.82, 2.24) is 4.98 Å². The standard InChI is InChI=1S/C19H13BrN2O/c1-12-18(16-4-2-3-5-17(16)22-12)19(23)14(11-21)10-13-6-8-15(20)9-7-13/h2-10,22H,1H3/b14-10+. The van der Waals surface area contributed by atoms with E-state index >= 15 is 0 Å². The van der Waals surface area contributed by atoms with Crippen LogP contribution in [-0.4, -0.2) is 10.8 Å². The third-order valence-electron chi connectivity index (χ3n) is 3.67. The summed E-state index contributed by atoms with van der Waals surface area (Å²) in [6, 6.07) is 17.1. The minimum absolute atomic E-state index is 0.125. The predicted molar refractivity (Wildman–Crippen MR) is 95.1 cm³/mol. The molecule has 0 unspecified atom stereocenters. The van der Waals surface area contributed by atoms with E-state index in [0.717, 1.165) is 26.6 Å². The number of halogens is 1. The molecule has 0 amide bonds. The third-order valence-corrected chi connectivity index (χ3v) is 4.20. The second-order valence-corrected chi connectivity index (χ2v) is 6.14. The number of rotatable bonds is 3. The average molecular weight is 365 g/mol. The molecular weight excluding hydrogens is 352 g/mol. The van der Waals surface area contributed by atoms with Crippen molar-refractivity contribution in [2.75, 3.05) is 0 Å². The number of H-pyrrole nitrogens is 1. The maximum atomic E-state index is 12.8. The number of hydrogen-bond donors (Lipinski definition) is 1. The van der Waals surface area contributed by atoms with Crippen molar-refractivity contribution in [3.63, 3.8) is 0 Å². The van der Waals surface area contributed by atoms with Gasteiger partial charge < -0.3 is 4.98 Å². The van der Waals surface area contributed by atoms with Crippen molar-refractivity contribution < 1.29 is 4.79 Å². The monoisotopic (exact) mass is 364 g/mol. The van der Waals surface area contributed by atoms with Crippen LogP contribution in [0.5, 0.6) is 0 Å². The molecule has 1 N–H and O–H groups in total. The van der Waals surface area contributed by atoms with E-state index in [1.54, 1.807) is 6.08 Å². The molecular formula is C19H13BrN2O. The van der Waals surface area contributed by atoms with Gasteiger partial charge in [-0.25, -0.2) is 0 Å². The van der Waals surface area contributed by atoms with Crippen LogP contribution in [0.1, 0.15) is 21.6 Å². The Kier molecular flexibility index (Phi) is 4.14. The Labute approximate surface area is 142 Å². The zero-order valence-corrected chi connectivity index (χ0v) is 14.0. The predicted octanol–water partition coefficient (Wildman–Crippen LogP) is 5.03. The molecule has 4 heteroatoms. The van der Waals surface area contributed by atoms with Crippen molar-refractivity contribution in [3.05, 3.63) is 75.4 Å². The minimum atomic E-state index is -0.259. The number of ketones is 1. The normalized spacial score (nSPS) is 11.4. The highest BCUT2D eigenvalue weighted by molar-refractivity contribution is 9.10. The quantitative estimate of drug-likeness (QED) is 0.402. The van der Waals surface area contributed by atoms with E-state index in [0.29, 0.717) is 5.56 Å². The zero-order valence-electron chi connectivity index (χ0n) is 12.4. The maximum Gasteiger partial charge on any atom is 0.205 e. The number of nitriles is 1. The van der Waals surface area contributed by atoms with Crippen LogP contribution < -0.4 is 0 Å². The number of nitrogens with one attached hydrogen (secondary N) is 1. The molecule has 23 heavy (non-hydrogen) atoms. The average Bonchev–Trinajstić information content (AvgIpc) is 2.89. The number of benzene rings is 2. The Morgan fingerprint density at radius 2 is 1.87 bits per heavy atom. The van der Waals surface area contributed by atoms with E-state index in [-0.39, 0.29) is 11.4 Å². The van der Waals surface area contributed by atoms with E-state index in [1.807, 2.05) is 61.5 Å².